The van der Waals surface area contributed by atoms with Crippen LogP contribution in [0.15, 0.2) is 35.5 Å². The topological polar surface area (TPSA) is 58.2 Å². The Kier molecular flexibility index (Phi) is 3.14. The first-order chi connectivity index (χ1) is 8.49. The minimum atomic E-state index is -0.531. The summed E-state index contributed by atoms with van der Waals surface area (Å²) in [4.78, 5) is 23.1. The molecular weight excluding hydrogens is 235 g/mol. The molecule has 5 heteroatoms. The van der Waals surface area contributed by atoms with E-state index in [9.17, 15) is 14.0 Å². The van der Waals surface area contributed by atoms with Crippen LogP contribution in [0.4, 0.5) is 9.18 Å². The molecule has 1 aliphatic rings. The van der Waals surface area contributed by atoms with Crippen LogP contribution in [0.1, 0.15) is 25.5 Å². The number of carbonyl (C=O) groups excluding carboxylic acids is 2. The Morgan fingerprint density at radius 3 is 2.44 bits per heavy atom. The van der Waals surface area contributed by atoms with E-state index in [0.717, 1.165) is 0 Å². The van der Waals surface area contributed by atoms with Crippen molar-refractivity contribution in [3.8, 4) is 0 Å². The van der Waals surface area contributed by atoms with Crippen LogP contribution >= 0.6 is 0 Å². The number of Topliss-reactive ketones (excluding diaryl/α,β-unsaturated/α-hetero) is 1. The normalized spacial score (nSPS) is 19.3. The Bertz CT molecular complexity index is 534. The van der Waals surface area contributed by atoms with Gasteiger partial charge in [0.05, 0.1) is 6.04 Å². The highest BCUT2D eigenvalue weighted by Gasteiger charge is 2.28. The Balaban J connectivity index is 2.46. The molecule has 94 valence electrons. The van der Waals surface area contributed by atoms with Crippen LogP contribution in [-0.2, 0) is 4.79 Å². The minimum Gasteiger partial charge on any atom is -0.327 e. The molecule has 0 spiro atoms. The van der Waals surface area contributed by atoms with Crippen molar-refractivity contribution in [2.45, 2.75) is 19.9 Å². The second-order valence-electron chi connectivity index (χ2n) is 4.18. The fraction of sp³-hybridized carbons (Fsp3) is 0.231. The zero-order valence-electron chi connectivity index (χ0n) is 10.1. The molecule has 18 heavy (non-hydrogen) atoms. The maximum atomic E-state index is 12.9. The number of hydrogen-bond acceptors (Lipinski definition) is 2. The van der Waals surface area contributed by atoms with E-state index in [0.29, 0.717) is 16.8 Å². The van der Waals surface area contributed by atoms with Gasteiger partial charge in [-0.1, -0.05) is 12.1 Å². The van der Waals surface area contributed by atoms with Gasteiger partial charge in [0, 0.05) is 11.3 Å². The Labute approximate surface area is 104 Å². The molecule has 2 N–H and O–H groups in total. The van der Waals surface area contributed by atoms with E-state index in [2.05, 4.69) is 10.6 Å². The van der Waals surface area contributed by atoms with Crippen LogP contribution in [0.25, 0.3) is 0 Å². The van der Waals surface area contributed by atoms with Crippen LogP contribution in [0.2, 0.25) is 0 Å². The third-order valence-electron chi connectivity index (χ3n) is 2.85. The van der Waals surface area contributed by atoms with E-state index in [4.69, 9.17) is 0 Å². The van der Waals surface area contributed by atoms with Crippen molar-refractivity contribution in [2.75, 3.05) is 0 Å². The molecule has 0 aromatic heterocycles. The third-order valence-corrected chi connectivity index (χ3v) is 2.85. The Morgan fingerprint density at radius 1 is 1.28 bits per heavy atom. The van der Waals surface area contributed by atoms with Gasteiger partial charge in [-0.25, -0.2) is 9.18 Å². The highest BCUT2D eigenvalue weighted by Crippen LogP contribution is 2.27. The molecule has 0 bridgehead atoms. The molecule has 1 aromatic rings. The quantitative estimate of drug-likeness (QED) is 0.841. The van der Waals surface area contributed by atoms with E-state index in [-0.39, 0.29) is 17.6 Å². The van der Waals surface area contributed by atoms with Crippen molar-refractivity contribution in [1.29, 1.82) is 0 Å². The van der Waals surface area contributed by atoms with E-state index in [1.54, 1.807) is 19.1 Å². The summed E-state index contributed by atoms with van der Waals surface area (Å²) in [6, 6.07) is 4.82. The number of amides is 2. The van der Waals surface area contributed by atoms with Gasteiger partial charge in [0.1, 0.15) is 5.82 Å². The van der Waals surface area contributed by atoms with Crippen LogP contribution in [0, 0.1) is 5.82 Å². The van der Waals surface area contributed by atoms with Crippen molar-refractivity contribution in [3.05, 3.63) is 46.9 Å². The van der Waals surface area contributed by atoms with Gasteiger partial charge in [0.2, 0.25) is 0 Å². The zero-order valence-corrected chi connectivity index (χ0v) is 10.1. The van der Waals surface area contributed by atoms with Gasteiger partial charge in [-0.15, -0.1) is 0 Å². The van der Waals surface area contributed by atoms with Gasteiger partial charge >= 0.3 is 6.03 Å². The van der Waals surface area contributed by atoms with Crippen LogP contribution in [-0.4, -0.2) is 11.8 Å². The van der Waals surface area contributed by atoms with Crippen molar-refractivity contribution in [3.63, 3.8) is 0 Å². The number of rotatable bonds is 2. The van der Waals surface area contributed by atoms with E-state index >= 15 is 0 Å². The molecule has 0 radical (unpaired) electrons. The largest absolute Gasteiger partial charge is 0.327 e. The lowest BCUT2D eigenvalue weighted by Gasteiger charge is -2.28. The average molecular weight is 248 g/mol. The number of benzene rings is 1. The standard InChI is InChI=1S/C13H13FN2O2/c1-7-11(8(2)17)12(16-13(18)15-7)9-3-5-10(14)6-4-9/h3-6,12H,1-2H3,(H2,15,16,18). The molecule has 1 heterocycles. The Hall–Kier alpha value is -2.17. The lowest BCUT2D eigenvalue weighted by atomic mass is 9.93. The van der Waals surface area contributed by atoms with Crippen molar-refractivity contribution < 1.29 is 14.0 Å². The minimum absolute atomic E-state index is 0.130. The van der Waals surface area contributed by atoms with Crippen LogP contribution in [0.3, 0.4) is 0 Å². The Morgan fingerprint density at radius 2 is 1.89 bits per heavy atom. The highest BCUT2D eigenvalue weighted by molar-refractivity contribution is 5.98. The predicted octanol–water partition coefficient (Wildman–Crippen LogP) is 2.04. The second kappa shape index (κ2) is 4.60. The first-order valence-electron chi connectivity index (χ1n) is 5.53. The highest BCUT2D eigenvalue weighted by atomic mass is 19.1. The molecule has 0 aliphatic carbocycles. The summed E-state index contributed by atoms with van der Waals surface area (Å²) < 4.78 is 12.9. The first-order valence-corrected chi connectivity index (χ1v) is 5.53. The van der Waals surface area contributed by atoms with Gasteiger partial charge < -0.3 is 10.6 Å². The molecule has 1 aromatic carbocycles. The van der Waals surface area contributed by atoms with Crippen molar-refractivity contribution in [1.82, 2.24) is 10.6 Å². The van der Waals surface area contributed by atoms with Crippen molar-refractivity contribution >= 4 is 11.8 Å². The molecule has 1 aliphatic heterocycles. The molecular formula is C13H13FN2O2. The molecule has 2 amide bonds. The summed E-state index contributed by atoms with van der Waals surface area (Å²) in [5, 5.41) is 5.22. The first kappa shape index (κ1) is 12.3. The number of hydrogen-bond donors (Lipinski definition) is 2. The molecule has 4 nitrogen and oxygen atoms in total. The van der Waals surface area contributed by atoms with E-state index in [1.165, 1.54) is 19.1 Å². The summed E-state index contributed by atoms with van der Waals surface area (Å²) in [6.07, 6.45) is 0. The smallest absolute Gasteiger partial charge is 0.319 e. The number of allylic oxidation sites excluding steroid dienone is 1. The number of carbonyl (C=O) groups is 2. The second-order valence-corrected chi connectivity index (χ2v) is 4.18. The van der Waals surface area contributed by atoms with E-state index in [1.807, 2.05) is 0 Å². The van der Waals surface area contributed by atoms with Gasteiger partial charge in [-0.05, 0) is 31.5 Å². The lowest BCUT2D eigenvalue weighted by molar-refractivity contribution is -0.114. The molecule has 1 atom stereocenters. The lowest BCUT2D eigenvalue weighted by Crippen LogP contribution is -2.44. The van der Waals surface area contributed by atoms with Gasteiger partial charge in [-0.3, -0.25) is 4.79 Å². The number of halogens is 1. The summed E-state index contributed by atoms with van der Waals surface area (Å²) >= 11 is 0. The molecule has 2 rings (SSSR count). The SMILES string of the molecule is CC(=O)C1=C(C)NC(=O)NC1c1ccc(F)cc1. The van der Waals surface area contributed by atoms with Crippen LogP contribution < -0.4 is 10.6 Å². The number of nitrogens with one attached hydrogen (secondary N) is 2. The number of ketones is 1. The fourth-order valence-electron chi connectivity index (χ4n) is 2.07. The predicted molar refractivity (Wildman–Crippen MR) is 64.2 cm³/mol. The molecule has 0 saturated carbocycles. The molecule has 0 fully saturated rings. The number of urea groups is 1. The van der Waals surface area contributed by atoms with Gasteiger partial charge in [-0.2, -0.15) is 0 Å². The maximum Gasteiger partial charge on any atom is 0.319 e. The third kappa shape index (κ3) is 2.25. The van der Waals surface area contributed by atoms with Crippen molar-refractivity contribution in [2.24, 2.45) is 0 Å². The van der Waals surface area contributed by atoms with E-state index < -0.39 is 6.04 Å². The average Bonchev–Trinajstić information content (AvgIpc) is 2.28. The summed E-state index contributed by atoms with van der Waals surface area (Å²) in [5.41, 5.74) is 1.69. The summed E-state index contributed by atoms with van der Waals surface area (Å²) in [7, 11) is 0. The summed E-state index contributed by atoms with van der Waals surface area (Å²) in [6.45, 7) is 3.11. The monoisotopic (exact) mass is 248 g/mol. The fourth-order valence-corrected chi connectivity index (χ4v) is 2.07. The van der Waals surface area contributed by atoms with Gasteiger partial charge in [0.15, 0.2) is 5.78 Å². The summed E-state index contributed by atoms with van der Waals surface area (Å²) in [5.74, 6) is -0.488. The molecule has 0 saturated heterocycles. The van der Waals surface area contributed by atoms with Crippen LogP contribution in [0.5, 0.6) is 0 Å². The molecule has 1 unspecified atom stereocenters. The maximum absolute atomic E-state index is 12.9. The zero-order chi connectivity index (χ0) is 13.3. The van der Waals surface area contributed by atoms with Gasteiger partial charge in [0.25, 0.3) is 0 Å².